The minimum atomic E-state index is -0.861. The van der Waals surface area contributed by atoms with Crippen LogP contribution in [0.1, 0.15) is 25.8 Å². The predicted molar refractivity (Wildman–Crippen MR) is 75.1 cm³/mol. The largest absolute Gasteiger partial charge is 0.481 e. The van der Waals surface area contributed by atoms with Gasteiger partial charge in [-0.05, 0) is 18.4 Å². The van der Waals surface area contributed by atoms with Gasteiger partial charge in [0.15, 0.2) is 0 Å². The molecule has 2 unspecified atom stereocenters. The van der Waals surface area contributed by atoms with Crippen LogP contribution in [0.2, 0.25) is 0 Å². The van der Waals surface area contributed by atoms with Crippen LogP contribution in [0.25, 0.3) is 0 Å². The second-order valence-electron chi connectivity index (χ2n) is 4.89. The number of ether oxygens (including phenoxy) is 1. The van der Waals surface area contributed by atoms with Crippen LogP contribution in [0.15, 0.2) is 30.3 Å². The Morgan fingerprint density at radius 1 is 1.25 bits per heavy atom. The van der Waals surface area contributed by atoms with Gasteiger partial charge < -0.3 is 15.2 Å². The van der Waals surface area contributed by atoms with Gasteiger partial charge in [0, 0.05) is 13.0 Å². The van der Waals surface area contributed by atoms with Gasteiger partial charge in [-0.15, -0.1) is 0 Å². The maximum Gasteiger partial charge on any atom is 0.303 e. The number of carboxylic acid groups (broad SMARTS) is 1. The highest BCUT2D eigenvalue weighted by Gasteiger charge is 2.15. The highest BCUT2D eigenvalue weighted by atomic mass is 16.5. The average molecular weight is 279 g/mol. The third-order valence-electron chi connectivity index (χ3n) is 2.86. The minimum absolute atomic E-state index is 0.0412. The molecule has 0 aromatic heterocycles. The summed E-state index contributed by atoms with van der Waals surface area (Å²) in [7, 11) is 0. The molecule has 0 fully saturated rings. The zero-order valence-corrected chi connectivity index (χ0v) is 11.8. The SMILES string of the molecule is CC(CNC(=O)C(C)OCc1ccccc1)CC(=O)O. The molecule has 0 aliphatic carbocycles. The molecular weight excluding hydrogens is 258 g/mol. The van der Waals surface area contributed by atoms with Crippen molar-refractivity contribution in [1.29, 1.82) is 0 Å². The van der Waals surface area contributed by atoms with Gasteiger partial charge in [0.05, 0.1) is 6.61 Å². The van der Waals surface area contributed by atoms with Crippen LogP contribution in [0, 0.1) is 5.92 Å². The normalized spacial score (nSPS) is 13.5. The molecule has 1 amide bonds. The Bertz CT molecular complexity index is 433. The van der Waals surface area contributed by atoms with Crippen LogP contribution in [0.5, 0.6) is 0 Å². The number of benzene rings is 1. The molecule has 0 heterocycles. The molecule has 0 saturated heterocycles. The second-order valence-corrected chi connectivity index (χ2v) is 4.89. The van der Waals surface area contributed by atoms with Crippen LogP contribution in [0.4, 0.5) is 0 Å². The van der Waals surface area contributed by atoms with Gasteiger partial charge in [0.2, 0.25) is 5.91 Å². The molecule has 0 saturated carbocycles. The third kappa shape index (κ3) is 6.33. The van der Waals surface area contributed by atoms with Gasteiger partial charge in [0.1, 0.15) is 6.10 Å². The molecule has 2 N–H and O–H groups in total. The molecule has 1 rings (SSSR count). The molecule has 0 spiro atoms. The molecule has 0 aliphatic rings. The van der Waals surface area contributed by atoms with Crippen molar-refractivity contribution in [2.24, 2.45) is 5.92 Å². The number of aliphatic carboxylic acids is 1. The quantitative estimate of drug-likeness (QED) is 0.761. The lowest BCUT2D eigenvalue weighted by molar-refractivity contribution is -0.138. The fraction of sp³-hybridized carbons (Fsp3) is 0.467. The van der Waals surface area contributed by atoms with Gasteiger partial charge in [-0.3, -0.25) is 9.59 Å². The van der Waals surface area contributed by atoms with Crippen molar-refractivity contribution in [2.75, 3.05) is 6.54 Å². The van der Waals surface area contributed by atoms with Crippen LogP contribution < -0.4 is 5.32 Å². The number of carbonyl (C=O) groups excluding carboxylic acids is 1. The maximum atomic E-state index is 11.8. The Morgan fingerprint density at radius 2 is 1.90 bits per heavy atom. The molecule has 5 heteroatoms. The molecule has 1 aromatic rings. The first-order valence-electron chi connectivity index (χ1n) is 6.64. The van der Waals surface area contributed by atoms with Crippen molar-refractivity contribution in [3.8, 4) is 0 Å². The fourth-order valence-corrected chi connectivity index (χ4v) is 1.66. The zero-order valence-electron chi connectivity index (χ0n) is 11.8. The molecule has 20 heavy (non-hydrogen) atoms. The van der Waals surface area contributed by atoms with Crippen LogP contribution in [-0.4, -0.2) is 29.6 Å². The van der Waals surface area contributed by atoms with E-state index in [4.69, 9.17) is 9.84 Å². The van der Waals surface area contributed by atoms with E-state index < -0.39 is 12.1 Å². The molecular formula is C15H21NO4. The topological polar surface area (TPSA) is 75.6 Å². The monoisotopic (exact) mass is 279 g/mol. The lowest BCUT2D eigenvalue weighted by Gasteiger charge is -2.15. The van der Waals surface area contributed by atoms with E-state index in [-0.39, 0.29) is 18.2 Å². The number of hydrogen-bond donors (Lipinski definition) is 2. The van der Waals surface area contributed by atoms with E-state index in [2.05, 4.69) is 5.32 Å². The lowest BCUT2D eigenvalue weighted by Crippen LogP contribution is -2.37. The van der Waals surface area contributed by atoms with E-state index in [0.29, 0.717) is 13.2 Å². The lowest BCUT2D eigenvalue weighted by atomic mass is 10.1. The van der Waals surface area contributed by atoms with Crippen molar-refractivity contribution >= 4 is 11.9 Å². The summed E-state index contributed by atoms with van der Waals surface area (Å²) in [6.45, 7) is 4.17. The maximum absolute atomic E-state index is 11.8. The Labute approximate surface area is 118 Å². The highest BCUT2D eigenvalue weighted by Crippen LogP contribution is 2.04. The molecule has 0 bridgehead atoms. The first-order valence-corrected chi connectivity index (χ1v) is 6.64. The van der Waals surface area contributed by atoms with Gasteiger partial charge >= 0.3 is 5.97 Å². The number of rotatable bonds is 8. The van der Waals surface area contributed by atoms with Crippen LogP contribution >= 0.6 is 0 Å². The first kappa shape index (κ1) is 16.2. The summed E-state index contributed by atoms with van der Waals surface area (Å²) in [4.78, 5) is 22.3. The van der Waals surface area contributed by atoms with Crippen molar-refractivity contribution in [1.82, 2.24) is 5.32 Å². The van der Waals surface area contributed by atoms with E-state index in [1.54, 1.807) is 13.8 Å². The van der Waals surface area contributed by atoms with Crippen LogP contribution in [-0.2, 0) is 20.9 Å². The number of amides is 1. The standard InChI is InChI=1S/C15H21NO4/c1-11(8-14(17)18)9-16-15(19)12(2)20-10-13-6-4-3-5-7-13/h3-7,11-12H,8-10H2,1-2H3,(H,16,19)(H,17,18). The summed E-state index contributed by atoms with van der Waals surface area (Å²) >= 11 is 0. The number of nitrogens with one attached hydrogen (secondary N) is 1. The second kappa shape index (κ2) is 8.32. The smallest absolute Gasteiger partial charge is 0.303 e. The van der Waals surface area contributed by atoms with Crippen molar-refractivity contribution in [2.45, 2.75) is 33.0 Å². The predicted octanol–water partition coefficient (Wildman–Crippen LogP) is 1.82. The van der Waals surface area contributed by atoms with E-state index in [1.807, 2.05) is 30.3 Å². The van der Waals surface area contributed by atoms with Gasteiger partial charge in [-0.25, -0.2) is 0 Å². The minimum Gasteiger partial charge on any atom is -0.481 e. The zero-order chi connectivity index (χ0) is 15.0. The van der Waals surface area contributed by atoms with Crippen molar-refractivity contribution < 1.29 is 19.4 Å². The summed E-state index contributed by atoms with van der Waals surface area (Å²) in [5.41, 5.74) is 1.01. The Morgan fingerprint density at radius 3 is 2.50 bits per heavy atom. The third-order valence-corrected chi connectivity index (χ3v) is 2.86. The molecule has 1 aromatic carbocycles. The van der Waals surface area contributed by atoms with Gasteiger partial charge in [0.25, 0.3) is 0 Å². The Balaban J connectivity index is 2.27. The summed E-state index contributed by atoms with van der Waals surface area (Å²) in [6.07, 6.45) is -0.522. The number of carbonyl (C=O) groups is 2. The number of carboxylic acids is 1. The molecule has 0 aliphatic heterocycles. The summed E-state index contributed by atoms with van der Waals surface area (Å²) in [5, 5.41) is 11.3. The van der Waals surface area contributed by atoms with Gasteiger partial charge in [-0.2, -0.15) is 0 Å². The van der Waals surface area contributed by atoms with E-state index in [9.17, 15) is 9.59 Å². The molecule has 2 atom stereocenters. The highest BCUT2D eigenvalue weighted by molar-refractivity contribution is 5.80. The van der Waals surface area contributed by atoms with E-state index in [0.717, 1.165) is 5.56 Å². The number of hydrogen-bond acceptors (Lipinski definition) is 3. The Hall–Kier alpha value is -1.88. The van der Waals surface area contributed by atoms with Crippen molar-refractivity contribution in [3.63, 3.8) is 0 Å². The molecule has 0 radical (unpaired) electrons. The Kier molecular flexibility index (Phi) is 6.73. The van der Waals surface area contributed by atoms with E-state index in [1.165, 1.54) is 0 Å². The average Bonchev–Trinajstić information content (AvgIpc) is 2.42. The molecule has 110 valence electrons. The van der Waals surface area contributed by atoms with Gasteiger partial charge in [-0.1, -0.05) is 37.3 Å². The van der Waals surface area contributed by atoms with Crippen molar-refractivity contribution in [3.05, 3.63) is 35.9 Å². The van der Waals surface area contributed by atoms with E-state index >= 15 is 0 Å². The molecule has 5 nitrogen and oxygen atoms in total. The summed E-state index contributed by atoms with van der Waals surface area (Å²) in [5.74, 6) is -1.18. The summed E-state index contributed by atoms with van der Waals surface area (Å²) < 4.78 is 5.47. The van der Waals surface area contributed by atoms with Crippen LogP contribution in [0.3, 0.4) is 0 Å². The summed E-state index contributed by atoms with van der Waals surface area (Å²) in [6, 6.07) is 9.61. The first-order chi connectivity index (χ1) is 9.49. The fourth-order valence-electron chi connectivity index (χ4n) is 1.66.